The van der Waals surface area contributed by atoms with Gasteiger partial charge in [-0.2, -0.15) is 0 Å². The third-order valence-electron chi connectivity index (χ3n) is 4.90. The molecule has 0 aliphatic rings. The lowest BCUT2D eigenvalue weighted by atomic mass is 10.1. The highest BCUT2D eigenvalue weighted by Gasteiger charge is 2.19. The first kappa shape index (κ1) is 24.3. The molecule has 3 aromatic rings. The Balaban J connectivity index is 1.55. The van der Waals surface area contributed by atoms with Crippen LogP contribution < -0.4 is 10.1 Å². The van der Waals surface area contributed by atoms with E-state index in [1.807, 2.05) is 63.2 Å². The SMILES string of the molecule is COCC(Cc1ccc(Oc2ccc(Cc3ccccc3)cc2)cc1)NC(=O)OC(C)(C)C. The van der Waals surface area contributed by atoms with Crippen molar-refractivity contribution in [2.45, 2.75) is 45.3 Å². The molecule has 1 N–H and O–H groups in total. The van der Waals surface area contributed by atoms with E-state index in [4.69, 9.17) is 14.2 Å². The molecule has 3 rings (SSSR count). The number of amides is 1. The molecule has 0 aliphatic heterocycles. The molecular weight excluding hydrogens is 414 g/mol. The Morgan fingerprint density at radius 3 is 1.91 bits per heavy atom. The largest absolute Gasteiger partial charge is 0.457 e. The lowest BCUT2D eigenvalue weighted by Crippen LogP contribution is -2.42. The molecule has 33 heavy (non-hydrogen) atoms. The van der Waals surface area contributed by atoms with Crippen LogP contribution in [0.1, 0.15) is 37.5 Å². The number of benzene rings is 3. The fourth-order valence-corrected chi connectivity index (χ4v) is 3.45. The highest BCUT2D eigenvalue weighted by molar-refractivity contribution is 5.68. The van der Waals surface area contributed by atoms with Crippen LogP contribution in [0.25, 0.3) is 0 Å². The monoisotopic (exact) mass is 447 g/mol. The summed E-state index contributed by atoms with van der Waals surface area (Å²) in [6.45, 7) is 5.92. The van der Waals surface area contributed by atoms with Crippen molar-refractivity contribution in [3.05, 3.63) is 95.6 Å². The van der Waals surface area contributed by atoms with Gasteiger partial charge < -0.3 is 19.5 Å². The van der Waals surface area contributed by atoms with Gasteiger partial charge in [-0.15, -0.1) is 0 Å². The molecule has 0 saturated heterocycles. The van der Waals surface area contributed by atoms with Crippen molar-refractivity contribution in [2.75, 3.05) is 13.7 Å². The minimum atomic E-state index is -0.541. The van der Waals surface area contributed by atoms with Crippen molar-refractivity contribution < 1.29 is 19.0 Å². The molecule has 0 saturated carbocycles. The zero-order valence-corrected chi connectivity index (χ0v) is 19.8. The second kappa shape index (κ2) is 11.5. The Morgan fingerprint density at radius 2 is 1.36 bits per heavy atom. The highest BCUT2D eigenvalue weighted by atomic mass is 16.6. The topological polar surface area (TPSA) is 56.8 Å². The number of hydrogen-bond acceptors (Lipinski definition) is 4. The minimum absolute atomic E-state index is 0.186. The lowest BCUT2D eigenvalue weighted by Gasteiger charge is -2.23. The van der Waals surface area contributed by atoms with Crippen molar-refractivity contribution in [1.29, 1.82) is 0 Å². The first-order valence-electron chi connectivity index (χ1n) is 11.2. The summed E-state index contributed by atoms with van der Waals surface area (Å²) in [5.41, 5.74) is 3.06. The number of carbonyl (C=O) groups excluding carboxylic acids is 1. The predicted octanol–water partition coefficient (Wildman–Crippen LogP) is 6.15. The van der Waals surface area contributed by atoms with Crippen LogP contribution in [-0.4, -0.2) is 31.5 Å². The number of methoxy groups -OCH3 is 1. The van der Waals surface area contributed by atoms with Crippen LogP contribution >= 0.6 is 0 Å². The summed E-state index contributed by atoms with van der Waals surface area (Å²) in [7, 11) is 1.62. The lowest BCUT2D eigenvalue weighted by molar-refractivity contribution is 0.0469. The maximum atomic E-state index is 12.1. The van der Waals surface area contributed by atoms with Gasteiger partial charge in [0.1, 0.15) is 17.1 Å². The number of hydrogen-bond donors (Lipinski definition) is 1. The van der Waals surface area contributed by atoms with Gasteiger partial charge >= 0.3 is 6.09 Å². The fraction of sp³-hybridized carbons (Fsp3) is 0.321. The number of ether oxygens (including phenoxy) is 3. The standard InChI is InChI=1S/C28H33NO4/c1-28(2,3)33-27(30)29-24(20-31-4)19-23-12-16-26(17-13-23)32-25-14-10-22(11-15-25)18-21-8-6-5-7-9-21/h5-17,24H,18-20H2,1-4H3,(H,29,30). The van der Waals surface area contributed by atoms with Crippen molar-refractivity contribution >= 4 is 6.09 Å². The molecule has 1 amide bonds. The molecule has 0 heterocycles. The van der Waals surface area contributed by atoms with Crippen LogP contribution in [0.2, 0.25) is 0 Å². The van der Waals surface area contributed by atoms with Crippen molar-refractivity contribution in [3.8, 4) is 11.5 Å². The number of alkyl carbamates (subject to hydrolysis) is 1. The molecular formula is C28H33NO4. The van der Waals surface area contributed by atoms with E-state index in [0.717, 1.165) is 23.5 Å². The van der Waals surface area contributed by atoms with Gasteiger partial charge in [0.2, 0.25) is 0 Å². The summed E-state index contributed by atoms with van der Waals surface area (Å²) >= 11 is 0. The van der Waals surface area contributed by atoms with E-state index in [1.54, 1.807) is 7.11 Å². The number of rotatable bonds is 9. The Labute approximate surface area is 196 Å². The highest BCUT2D eigenvalue weighted by Crippen LogP contribution is 2.23. The summed E-state index contributed by atoms with van der Waals surface area (Å²) in [6.07, 6.45) is 1.08. The first-order valence-corrected chi connectivity index (χ1v) is 11.2. The predicted molar refractivity (Wildman–Crippen MR) is 131 cm³/mol. The summed E-state index contributed by atoms with van der Waals surface area (Å²) in [5.74, 6) is 1.56. The van der Waals surface area contributed by atoms with Crippen LogP contribution in [0, 0.1) is 0 Å². The average Bonchev–Trinajstić information content (AvgIpc) is 2.76. The molecule has 0 bridgehead atoms. The molecule has 0 aromatic heterocycles. The fourth-order valence-electron chi connectivity index (χ4n) is 3.45. The Hall–Kier alpha value is -3.31. The second-order valence-corrected chi connectivity index (χ2v) is 9.05. The van der Waals surface area contributed by atoms with Gasteiger partial charge in [-0.05, 0) is 74.6 Å². The normalized spacial score (nSPS) is 12.1. The molecule has 1 unspecified atom stereocenters. The van der Waals surface area contributed by atoms with Crippen LogP contribution in [0.3, 0.4) is 0 Å². The van der Waals surface area contributed by atoms with Gasteiger partial charge in [0.15, 0.2) is 0 Å². The number of carbonyl (C=O) groups is 1. The maximum Gasteiger partial charge on any atom is 0.407 e. The average molecular weight is 448 g/mol. The van der Waals surface area contributed by atoms with Gasteiger partial charge in [0.05, 0.1) is 12.6 Å². The van der Waals surface area contributed by atoms with Gasteiger partial charge in [-0.25, -0.2) is 4.79 Å². The quantitative estimate of drug-likeness (QED) is 0.427. The molecule has 0 aliphatic carbocycles. The third-order valence-corrected chi connectivity index (χ3v) is 4.90. The van der Waals surface area contributed by atoms with E-state index in [-0.39, 0.29) is 6.04 Å². The Bertz CT molecular complexity index is 993. The van der Waals surface area contributed by atoms with E-state index in [1.165, 1.54) is 11.1 Å². The molecule has 3 aromatic carbocycles. The molecule has 0 radical (unpaired) electrons. The van der Waals surface area contributed by atoms with Crippen molar-refractivity contribution in [1.82, 2.24) is 5.32 Å². The van der Waals surface area contributed by atoms with Crippen molar-refractivity contribution in [2.24, 2.45) is 0 Å². The van der Waals surface area contributed by atoms with Gasteiger partial charge in [0.25, 0.3) is 0 Å². The summed E-state index contributed by atoms with van der Waals surface area (Å²) in [6, 6.07) is 26.3. The minimum Gasteiger partial charge on any atom is -0.457 e. The zero-order valence-electron chi connectivity index (χ0n) is 19.8. The second-order valence-electron chi connectivity index (χ2n) is 9.05. The van der Waals surface area contributed by atoms with Gasteiger partial charge in [-0.1, -0.05) is 54.6 Å². The molecule has 0 fully saturated rings. The van der Waals surface area contributed by atoms with Crippen LogP contribution in [-0.2, 0) is 22.3 Å². The van der Waals surface area contributed by atoms with E-state index in [9.17, 15) is 4.79 Å². The van der Waals surface area contributed by atoms with E-state index in [2.05, 4.69) is 41.7 Å². The molecule has 5 heteroatoms. The molecule has 1 atom stereocenters. The van der Waals surface area contributed by atoms with E-state index < -0.39 is 11.7 Å². The third kappa shape index (κ3) is 8.62. The number of nitrogens with one attached hydrogen (secondary N) is 1. The Kier molecular flexibility index (Phi) is 8.50. The molecule has 5 nitrogen and oxygen atoms in total. The van der Waals surface area contributed by atoms with Crippen LogP contribution in [0.15, 0.2) is 78.9 Å². The van der Waals surface area contributed by atoms with Crippen molar-refractivity contribution in [3.63, 3.8) is 0 Å². The van der Waals surface area contributed by atoms with Crippen LogP contribution in [0.5, 0.6) is 11.5 Å². The summed E-state index contributed by atoms with van der Waals surface area (Å²) in [4.78, 5) is 12.1. The summed E-state index contributed by atoms with van der Waals surface area (Å²) < 4.78 is 16.6. The van der Waals surface area contributed by atoms with Gasteiger partial charge in [-0.3, -0.25) is 0 Å². The maximum absolute atomic E-state index is 12.1. The molecule has 0 spiro atoms. The van der Waals surface area contributed by atoms with Gasteiger partial charge in [0, 0.05) is 7.11 Å². The molecule has 174 valence electrons. The summed E-state index contributed by atoms with van der Waals surface area (Å²) in [5, 5.41) is 2.88. The van der Waals surface area contributed by atoms with E-state index >= 15 is 0 Å². The zero-order chi connectivity index (χ0) is 23.7. The van der Waals surface area contributed by atoms with Crippen LogP contribution in [0.4, 0.5) is 4.79 Å². The first-order chi connectivity index (χ1) is 15.8. The smallest absolute Gasteiger partial charge is 0.407 e. The van der Waals surface area contributed by atoms with E-state index in [0.29, 0.717) is 13.0 Å². The Morgan fingerprint density at radius 1 is 0.818 bits per heavy atom.